The van der Waals surface area contributed by atoms with Gasteiger partial charge < -0.3 is 5.32 Å². The Morgan fingerprint density at radius 2 is 2.31 bits per heavy atom. The second kappa shape index (κ2) is 4.49. The van der Waals surface area contributed by atoms with Gasteiger partial charge in [0.2, 0.25) is 0 Å². The van der Waals surface area contributed by atoms with Crippen LogP contribution in [0.2, 0.25) is 5.02 Å². The summed E-state index contributed by atoms with van der Waals surface area (Å²) in [6.45, 7) is 0.499. The summed E-state index contributed by atoms with van der Waals surface area (Å²) in [4.78, 5) is 0. The molecule has 0 fully saturated rings. The van der Waals surface area contributed by atoms with Crippen molar-refractivity contribution in [2.24, 2.45) is 7.05 Å². The number of hydrogen-bond donors (Lipinski definition) is 1. The fourth-order valence-electron chi connectivity index (χ4n) is 1.29. The summed E-state index contributed by atoms with van der Waals surface area (Å²) in [6, 6.07) is 4.21. The number of benzene rings is 1. The van der Waals surface area contributed by atoms with E-state index < -0.39 is 0 Å². The maximum Gasteiger partial charge on any atom is 0.124 e. The lowest BCUT2D eigenvalue weighted by atomic mass is 10.3. The SMILES string of the molecule is Cn1cc(CNc2ccc(F)cc2Cl)nn1. The molecule has 1 heterocycles. The Bertz CT molecular complexity index is 497. The first-order valence-corrected chi connectivity index (χ1v) is 5.07. The number of hydrogen-bond acceptors (Lipinski definition) is 3. The molecule has 16 heavy (non-hydrogen) atoms. The molecule has 0 aliphatic rings. The molecule has 1 aromatic heterocycles. The van der Waals surface area contributed by atoms with Crippen LogP contribution < -0.4 is 5.32 Å². The zero-order chi connectivity index (χ0) is 11.5. The van der Waals surface area contributed by atoms with Crippen LogP contribution in [-0.4, -0.2) is 15.0 Å². The Morgan fingerprint density at radius 3 is 2.94 bits per heavy atom. The van der Waals surface area contributed by atoms with E-state index >= 15 is 0 Å². The third-order valence-electron chi connectivity index (χ3n) is 2.04. The number of nitrogens with zero attached hydrogens (tertiary/aromatic N) is 3. The molecule has 2 rings (SSSR count). The Kier molecular flexibility index (Phi) is 3.05. The van der Waals surface area contributed by atoms with Gasteiger partial charge in [-0.15, -0.1) is 5.10 Å². The van der Waals surface area contributed by atoms with Gasteiger partial charge in [-0.25, -0.2) is 4.39 Å². The predicted octanol–water partition coefficient (Wildman–Crippen LogP) is 2.22. The highest BCUT2D eigenvalue weighted by molar-refractivity contribution is 6.33. The Balaban J connectivity index is 2.04. The smallest absolute Gasteiger partial charge is 0.124 e. The minimum Gasteiger partial charge on any atom is -0.378 e. The van der Waals surface area contributed by atoms with E-state index in [1.54, 1.807) is 24.0 Å². The minimum absolute atomic E-state index is 0.351. The quantitative estimate of drug-likeness (QED) is 0.895. The predicted molar refractivity (Wildman–Crippen MR) is 59.7 cm³/mol. The lowest BCUT2D eigenvalue weighted by molar-refractivity contribution is 0.628. The van der Waals surface area contributed by atoms with Crippen molar-refractivity contribution >= 4 is 17.3 Å². The molecule has 6 heteroatoms. The van der Waals surface area contributed by atoms with Crippen molar-refractivity contribution in [3.63, 3.8) is 0 Å². The monoisotopic (exact) mass is 240 g/mol. The van der Waals surface area contributed by atoms with Gasteiger partial charge in [0.25, 0.3) is 0 Å². The summed E-state index contributed by atoms with van der Waals surface area (Å²) < 4.78 is 14.4. The van der Waals surface area contributed by atoms with Crippen molar-refractivity contribution < 1.29 is 4.39 Å². The minimum atomic E-state index is -0.352. The zero-order valence-corrected chi connectivity index (χ0v) is 9.37. The van der Waals surface area contributed by atoms with Crippen molar-refractivity contribution in [3.8, 4) is 0 Å². The van der Waals surface area contributed by atoms with Crippen molar-refractivity contribution in [1.29, 1.82) is 0 Å². The van der Waals surface area contributed by atoms with E-state index in [1.807, 2.05) is 0 Å². The van der Waals surface area contributed by atoms with Gasteiger partial charge in [-0.05, 0) is 18.2 Å². The summed E-state index contributed by atoms with van der Waals surface area (Å²) in [6.07, 6.45) is 1.80. The molecule has 0 bridgehead atoms. The van der Waals surface area contributed by atoms with Crippen molar-refractivity contribution in [1.82, 2.24) is 15.0 Å². The maximum atomic E-state index is 12.8. The summed E-state index contributed by atoms with van der Waals surface area (Å²) >= 11 is 5.86. The first-order valence-electron chi connectivity index (χ1n) is 4.69. The van der Waals surface area contributed by atoms with Crippen molar-refractivity contribution in [2.75, 3.05) is 5.32 Å². The third kappa shape index (κ3) is 2.49. The number of rotatable bonds is 3. The van der Waals surface area contributed by atoms with Gasteiger partial charge in [-0.2, -0.15) is 0 Å². The molecule has 0 unspecified atom stereocenters. The van der Waals surface area contributed by atoms with Crippen LogP contribution in [0.1, 0.15) is 5.69 Å². The molecule has 0 saturated heterocycles. The van der Waals surface area contributed by atoms with Crippen LogP contribution in [0.3, 0.4) is 0 Å². The Hall–Kier alpha value is -1.62. The molecule has 0 amide bonds. The van der Waals surface area contributed by atoms with Gasteiger partial charge >= 0.3 is 0 Å². The normalized spacial score (nSPS) is 10.4. The number of halogens is 2. The topological polar surface area (TPSA) is 42.7 Å². The fraction of sp³-hybridized carbons (Fsp3) is 0.200. The highest BCUT2D eigenvalue weighted by atomic mass is 35.5. The van der Waals surface area contributed by atoms with E-state index in [2.05, 4.69) is 15.6 Å². The Morgan fingerprint density at radius 1 is 1.50 bits per heavy atom. The first-order chi connectivity index (χ1) is 7.65. The molecule has 2 aromatic rings. The largest absolute Gasteiger partial charge is 0.378 e. The lowest BCUT2D eigenvalue weighted by Crippen LogP contribution is -2.00. The molecular weight excluding hydrogens is 231 g/mol. The molecule has 84 valence electrons. The van der Waals surface area contributed by atoms with Gasteiger partial charge in [0.1, 0.15) is 11.5 Å². The second-order valence-electron chi connectivity index (χ2n) is 3.36. The number of aromatic nitrogens is 3. The van der Waals surface area contributed by atoms with Crippen molar-refractivity contribution in [3.05, 3.63) is 40.9 Å². The summed E-state index contributed by atoms with van der Waals surface area (Å²) in [5.74, 6) is -0.352. The average Bonchev–Trinajstić information content (AvgIpc) is 2.63. The molecular formula is C10H10ClFN4. The molecule has 0 radical (unpaired) electrons. The van der Waals surface area contributed by atoms with Crippen LogP contribution in [-0.2, 0) is 13.6 Å². The standard InChI is InChI=1S/C10H10ClFN4/c1-16-6-8(14-15-16)5-13-10-3-2-7(12)4-9(10)11/h2-4,6,13H,5H2,1H3. The zero-order valence-electron chi connectivity index (χ0n) is 8.61. The number of nitrogens with one attached hydrogen (secondary N) is 1. The van der Waals surface area contributed by atoms with Gasteiger partial charge in [0.15, 0.2) is 0 Å². The molecule has 0 saturated carbocycles. The summed E-state index contributed by atoms with van der Waals surface area (Å²) in [7, 11) is 1.79. The lowest BCUT2D eigenvalue weighted by Gasteiger charge is -2.05. The van der Waals surface area contributed by atoms with Crippen LogP contribution in [0.15, 0.2) is 24.4 Å². The van der Waals surface area contributed by atoms with E-state index in [-0.39, 0.29) is 5.82 Å². The molecule has 0 spiro atoms. The fourth-order valence-corrected chi connectivity index (χ4v) is 1.53. The van der Waals surface area contributed by atoms with Crippen LogP contribution in [0, 0.1) is 5.82 Å². The third-order valence-corrected chi connectivity index (χ3v) is 2.35. The molecule has 0 aliphatic heterocycles. The summed E-state index contributed by atoms with van der Waals surface area (Å²) in [5, 5.41) is 11.1. The molecule has 1 aromatic carbocycles. The number of anilines is 1. The van der Waals surface area contributed by atoms with Crippen molar-refractivity contribution in [2.45, 2.75) is 6.54 Å². The number of aryl methyl sites for hydroxylation is 1. The van der Waals surface area contributed by atoms with E-state index in [4.69, 9.17) is 11.6 Å². The maximum absolute atomic E-state index is 12.8. The van der Waals surface area contributed by atoms with Crippen LogP contribution in [0.5, 0.6) is 0 Å². The average molecular weight is 241 g/mol. The van der Waals surface area contributed by atoms with E-state index in [0.29, 0.717) is 17.3 Å². The molecule has 0 atom stereocenters. The Labute approximate surface area is 97.0 Å². The molecule has 1 N–H and O–H groups in total. The van der Waals surface area contributed by atoms with Gasteiger partial charge in [-0.3, -0.25) is 4.68 Å². The highest BCUT2D eigenvalue weighted by Gasteiger charge is 2.03. The van der Waals surface area contributed by atoms with E-state index in [9.17, 15) is 4.39 Å². The van der Waals surface area contributed by atoms with Crippen LogP contribution >= 0.6 is 11.6 Å². The van der Waals surface area contributed by atoms with Gasteiger partial charge in [0.05, 0.1) is 17.3 Å². The van der Waals surface area contributed by atoms with E-state index in [0.717, 1.165) is 5.69 Å². The van der Waals surface area contributed by atoms with Gasteiger partial charge in [-0.1, -0.05) is 16.8 Å². The van der Waals surface area contributed by atoms with E-state index in [1.165, 1.54) is 12.1 Å². The van der Waals surface area contributed by atoms with Crippen LogP contribution in [0.4, 0.5) is 10.1 Å². The molecule has 0 aliphatic carbocycles. The summed E-state index contributed by atoms with van der Waals surface area (Å²) in [5.41, 5.74) is 1.47. The van der Waals surface area contributed by atoms with Gasteiger partial charge in [0, 0.05) is 13.2 Å². The molecule has 4 nitrogen and oxygen atoms in total. The first kappa shape index (κ1) is 10.9. The second-order valence-corrected chi connectivity index (χ2v) is 3.77. The highest BCUT2D eigenvalue weighted by Crippen LogP contribution is 2.22. The van der Waals surface area contributed by atoms with Crippen LogP contribution in [0.25, 0.3) is 0 Å².